The number of ether oxygens (including phenoxy) is 1. The van der Waals surface area contributed by atoms with E-state index in [9.17, 15) is 9.59 Å². The summed E-state index contributed by atoms with van der Waals surface area (Å²) in [6.07, 6.45) is 1.32. The summed E-state index contributed by atoms with van der Waals surface area (Å²) in [6, 6.07) is 12.6. The highest BCUT2D eigenvalue weighted by molar-refractivity contribution is 6.31. The molecule has 2 amide bonds. The first kappa shape index (κ1) is 23.7. The molecule has 0 bridgehead atoms. The van der Waals surface area contributed by atoms with Crippen LogP contribution in [0.1, 0.15) is 43.4 Å². The number of benzene rings is 2. The van der Waals surface area contributed by atoms with Crippen LogP contribution in [0.25, 0.3) is 0 Å². The Hall–Kier alpha value is -2.53. The zero-order valence-corrected chi connectivity index (χ0v) is 19.0. The second kappa shape index (κ2) is 11.6. The molecule has 1 unspecified atom stereocenters. The van der Waals surface area contributed by atoms with Gasteiger partial charge in [-0.15, -0.1) is 0 Å². The number of carbonyl (C=O) groups excluding carboxylic acids is 2. The minimum absolute atomic E-state index is 0.147. The molecule has 1 atom stereocenters. The normalized spacial score (nSPS) is 11.6. The van der Waals surface area contributed by atoms with Crippen LogP contribution < -0.4 is 10.1 Å². The highest BCUT2D eigenvalue weighted by Crippen LogP contribution is 2.22. The molecule has 0 radical (unpaired) electrons. The van der Waals surface area contributed by atoms with E-state index in [-0.39, 0.29) is 25.0 Å². The standard InChI is InChI=1S/C24H31ClN2O3/c1-5-13-26-24(29)21(6-2)27(15-19-9-7-8-10-20(19)25)23(28)16-30-22-14-17(3)11-12-18(22)4/h7-12,14,21H,5-6,13,15-16H2,1-4H3,(H,26,29). The Morgan fingerprint density at radius 1 is 1.13 bits per heavy atom. The number of rotatable bonds is 10. The van der Waals surface area contributed by atoms with E-state index in [4.69, 9.17) is 16.3 Å². The van der Waals surface area contributed by atoms with Crippen molar-refractivity contribution in [2.45, 2.75) is 53.1 Å². The van der Waals surface area contributed by atoms with Gasteiger partial charge in [-0.05, 0) is 55.5 Å². The first-order valence-electron chi connectivity index (χ1n) is 10.4. The van der Waals surface area contributed by atoms with Crippen LogP contribution in [0.2, 0.25) is 5.02 Å². The van der Waals surface area contributed by atoms with Gasteiger partial charge < -0.3 is 15.0 Å². The molecule has 30 heavy (non-hydrogen) atoms. The molecule has 0 spiro atoms. The third-order valence-electron chi connectivity index (χ3n) is 4.93. The van der Waals surface area contributed by atoms with Crippen molar-refractivity contribution in [3.8, 4) is 5.75 Å². The smallest absolute Gasteiger partial charge is 0.261 e. The predicted octanol–water partition coefficient (Wildman–Crippen LogP) is 4.67. The Morgan fingerprint density at radius 2 is 1.87 bits per heavy atom. The van der Waals surface area contributed by atoms with E-state index < -0.39 is 6.04 Å². The van der Waals surface area contributed by atoms with Crippen molar-refractivity contribution >= 4 is 23.4 Å². The van der Waals surface area contributed by atoms with Crippen LogP contribution in [0, 0.1) is 13.8 Å². The molecule has 2 aromatic rings. The van der Waals surface area contributed by atoms with Crippen molar-refractivity contribution in [1.29, 1.82) is 0 Å². The van der Waals surface area contributed by atoms with Crippen LogP contribution in [0.3, 0.4) is 0 Å². The van der Waals surface area contributed by atoms with Crippen LogP contribution in [-0.4, -0.2) is 35.9 Å². The molecule has 1 N–H and O–H groups in total. The molecule has 0 saturated carbocycles. The summed E-state index contributed by atoms with van der Waals surface area (Å²) in [7, 11) is 0. The number of carbonyl (C=O) groups is 2. The Kier molecular flexibility index (Phi) is 9.18. The van der Waals surface area contributed by atoms with Crippen LogP contribution in [0.4, 0.5) is 0 Å². The van der Waals surface area contributed by atoms with Crippen LogP contribution in [0.15, 0.2) is 42.5 Å². The Bertz CT molecular complexity index is 869. The molecular weight excluding hydrogens is 400 g/mol. The highest BCUT2D eigenvalue weighted by Gasteiger charge is 2.29. The van der Waals surface area contributed by atoms with Gasteiger partial charge in [0.15, 0.2) is 6.61 Å². The van der Waals surface area contributed by atoms with Crippen molar-refractivity contribution in [2.24, 2.45) is 0 Å². The molecule has 0 heterocycles. The van der Waals surface area contributed by atoms with E-state index in [1.807, 2.05) is 64.1 Å². The molecule has 6 heteroatoms. The Labute approximate surface area is 184 Å². The zero-order valence-electron chi connectivity index (χ0n) is 18.2. The van der Waals surface area contributed by atoms with E-state index in [0.29, 0.717) is 23.7 Å². The highest BCUT2D eigenvalue weighted by atomic mass is 35.5. The van der Waals surface area contributed by atoms with Crippen molar-refractivity contribution in [2.75, 3.05) is 13.2 Å². The van der Waals surface area contributed by atoms with Crippen molar-refractivity contribution in [1.82, 2.24) is 10.2 Å². The molecule has 2 rings (SSSR count). The second-order valence-electron chi connectivity index (χ2n) is 7.39. The number of nitrogens with zero attached hydrogens (tertiary/aromatic N) is 1. The molecule has 0 aliphatic heterocycles. The molecule has 162 valence electrons. The zero-order chi connectivity index (χ0) is 22.1. The maximum Gasteiger partial charge on any atom is 0.261 e. The third-order valence-corrected chi connectivity index (χ3v) is 5.30. The van der Waals surface area contributed by atoms with Crippen LogP contribution in [0.5, 0.6) is 5.75 Å². The van der Waals surface area contributed by atoms with Gasteiger partial charge in [-0.25, -0.2) is 0 Å². The fraction of sp³-hybridized carbons (Fsp3) is 0.417. The van der Waals surface area contributed by atoms with Crippen LogP contribution >= 0.6 is 11.6 Å². The monoisotopic (exact) mass is 430 g/mol. The van der Waals surface area contributed by atoms with E-state index >= 15 is 0 Å². The lowest BCUT2D eigenvalue weighted by molar-refractivity contribution is -0.143. The minimum atomic E-state index is -0.595. The summed E-state index contributed by atoms with van der Waals surface area (Å²) in [5.41, 5.74) is 2.81. The van der Waals surface area contributed by atoms with Gasteiger partial charge in [-0.3, -0.25) is 9.59 Å². The van der Waals surface area contributed by atoms with Gasteiger partial charge in [0.05, 0.1) is 0 Å². The van der Waals surface area contributed by atoms with Crippen molar-refractivity contribution < 1.29 is 14.3 Å². The van der Waals surface area contributed by atoms with Crippen molar-refractivity contribution in [3.05, 3.63) is 64.2 Å². The lowest BCUT2D eigenvalue weighted by Gasteiger charge is -2.31. The predicted molar refractivity (Wildman–Crippen MR) is 121 cm³/mol. The maximum absolute atomic E-state index is 13.2. The SMILES string of the molecule is CCCNC(=O)C(CC)N(Cc1ccccc1Cl)C(=O)COc1cc(C)ccc1C. The first-order valence-corrected chi connectivity index (χ1v) is 10.8. The summed E-state index contributed by atoms with van der Waals surface area (Å²) in [4.78, 5) is 27.5. The number of nitrogens with one attached hydrogen (secondary N) is 1. The number of hydrogen-bond donors (Lipinski definition) is 1. The summed E-state index contributed by atoms with van der Waals surface area (Å²) in [5, 5.41) is 3.47. The lowest BCUT2D eigenvalue weighted by Crippen LogP contribution is -2.50. The number of amides is 2. The summed E-state index contributed by atoms with van der Waals surface area (Å²) >= 11 is 6.33. The number of halogens is 1. The van der Waals surface area contributed by atoms with Gasteiger partial charge in [-0.1, -0.05) is 55.8 Å². The molecule has 0 aliphatic rings. The van der Waals surface area contributed by atoms with E-state index in [2.05, 4.69) is 5.32 Å². The van der Waals surface area contributed by atoms with Crippen molar-refractivity contribution in [3.63, 3.8) is 0 Å². The van der Waals surface area contributed by atoms with Gasteiger partial charge in [0.25, 0.3) is 5.91 Å². The maximum atomic E-state index is 13.2. The van der Waals surface area contributed by atoms with Gasteiger partial charge in [0.2, 0.25) is 5.91 Å². The molecular formula is C24H31ClN2O3. The summed E-state index contributed by atoms with van der Waals surface area (Å²) in [6.45, 7) is 8.47. The molecule has 0 fully saturated rings. The third kappa shape index (κ3) is 6.49. The molecule has 0 saturated heterocycles. The topological polar surface area (TPSA) is 58.6 Å². The fourth-order valence-electron chi connectivity index (χ4n) is 3.18. The van der Waals surface area contributed by atoms with Crippen LogP contribution in [-0.2, 0) is 16.1 Å². The summed E-state index contributed by atoms with van der Waals surface area (Å²) in [5.74, 6) is 0.255. The number of aryl methyl sites for hydroxylation is 2. The largest absolute Gasteiger partial charge is 0.483 e. The first-order chi connectivity index (χ1) is 14.4. The van der Waals surface area contributed by atoms with E-state index in [1.165, 1.54) is 0 Å². The second-order valence-corrected chi connectivity index (χ2v) is 7.79. The fourth-order valence-corrected chi connectivity index (χ4v) is 3.38. The van der Waals surface area contributed by atoms with Gasteiger partial charge in [0, 0.05) is 18.1 Å². The van der Waals surface area contributed by atoms with Gasteiger partial charge in [0.1, 0.15) is 11.8 Å². The number of hydrogen-bond acceptors (Lipinski definition) is 3. The lowest BCUT2D eigenvalue weighted by atomic mass is 10.1. The van der Waals surface area contributed by atoms with Gasteiger partial charge >= 0.3 is 0 Å². The van der Waals surface area contributed by atoms with Gasteiger partial charge in [-0.2, -0.15) is 0 Å². The summed E-state index contributed by atoms with van der Waals surface area (Å²) < 4.78 is 5.83. The Balaban J connectivity index is 2.24. The molecule has 0 aliphatic carbocycles. The van der Waals surface area contributed by atoms with E-state index in [1.54, 1.807) is 11.0 Å². The Morgan fingerprint density at radius 3 is 2.53 bits per heavy atom. The molecule has 5 nitrogen and oxygen atoms in total. The molecule has 0 aromatic heterocycles. The quantitative estimate of drug-likeness (QED) is 0.595. The minimum Gasteiger partial charge on any atom is -0.483 e. The average molecular weight is 431 g/mol. The average Bonchev–Trinajstić information content (AvgIpc) is 2.73. The van der Waals surface area contributed by atoms with E-state index in [0.717, 1.165) is 23.1 Å². The molecule has 2 aromatic carbocycles.